The molecule has 4 aromatic rings. The summed E-state index contributed by atoms with van der Waals surface area (Å²) in [5.74, 6) is -1.77. The van der Waals surface area contributed by atoms with Gasteiger partial charge in [0.25, 0.3) is 11.8 Å². The van der Waals surface area contributed by atoms with Crippen molar-refractivity contribution in [1.29, 1.82) is 0 Å². The van der Waals surface area contributed by atoms with Gasteiger partial charge in [0.05, 0.1) is 41.4 Å². The van der Waals surface area contributed by atoms with Gasteiger partial charge in [-0.25, -0.2) is 9.59 Å². The Balaban J connectivity index is 0.000000169. The number of esters is 1. The van der Waals surface area contributed by atoms with Gasteiger partial charge in [0.1, 0.15) is 0 Å². The van der Waals surface area contributed by atoms with Crippen molar-refractivity contribution >= 4 is 58.5 Å². The lowest BCUT2D eigenvalue weighted by atomic mass is 9.98. The molecule has 2 aliphatic carbocycles. The van der Waals surface area contributed by atoms with Crippen LogP contribution in [0.15, 0.2) is 84.9 Å². The van der Waals surface area contributed by atoms with Crippen LogP contribution in [0.1, 0.15) is 103 Å². The van der Waals surface area contributed by atoms with Gasteiger partial charge >= 0.3 is 11.9 Å². The van der Waals surface area contributed by atoms with Gasteiger partial charge in [-0.2, -0.15) is 0 Å². The minimum absolute atomic E-state index is 0.00757. The molecule has 2 atom stereocenters. The Hall–Kier alpha value is -5.32. The lowest BCUT2D eigenvalue weighted by Crippen LogP contribution is -2.48. The van der Waals surface area contributed by atoms with E-state index in [4.69, 9.17) is 33.0 Å². The minimum Gasteiger partial charge on any atom is -0.478 e. The average Bonchev–Trinajstić information content (AvgIpc) is 4.11. The van der Waals surface area contributed by atoms with Crippen LogP contribution in [-0.2, 0) is 38.2 Å². The summed E-state index contributed by atoms with van der Waals surface area (Å²) in [5.41, 5.74) is 3.70. The molecular weight excluding hydrogens is 743 g/mol. The fraction of sp³-hybridized carbons (Fsp3) is 0.302. The van der Waals surface area contributed by atoms with Crippen LogP contribution in [-0.4, -0.2) is 69.4 Å². The molecule has 55 heavy (non-hydrogen) atoms. The molecule has 2 unspecified atom stereocenters. The maximum Gasteiger partial charge on any atom is 0.337 e. The maximum atomic E-state index is 13.4. The van der Waals surface area contributed by atoms with E-state index >= 15 is 0 Å². The lowest BCUT2D eigenvalue weighted by Gasteiger charge is -2.36. The van der Waals surface area contributed by atoms with E-state index < -0.39 is 35.1 Å². The second kappa shape index (κ2) is 14.4. The van der Waals surface area contributed by atoms with Crippen molar-refractivity contribution in [3.05, 3.63) is 139 Å². The Labute approximate surface area is 328 Å². The molecule has 2 heterocycles. The van der Waals surface area contributed by atoms with Crippen LogP contribution in [0.4, 0.5) is 0 Å². The number of Topliss-reactive ketones (excluding diaryl/α,β-unsaturated/α-hetero) is 2. The van der Waals surface area contributed by atoms with Crippen LogP contribution in [0.3, 0.4) is 0 Å². The summed E-state index contributed by atoms with van der Waals surface area (Å²) in [5, 5.41) is 10.1. The van der Waals surface area contributed by atoms with Crippen molar-refractivity contribution < 1.29 is 38.6 Å². The number of fused-ring (bicyclic) bond motifs is 2. The number of ketones is 2. The van der Waals surface area contributed by atoms with E-state index in [1.54, 1.807) is 96.4 Å². The average molecular weight is 782 g/mol. The molecule has 10 nitrogen and oxygen atoms in total. The molecule has 8 rings (SSSR count). The third-order valence-electron chi connectivity index (χ3n) is 11.4. The smallest absolute Gasteiger partial charge is 0.337 e. The number of carbonyl (C=O) groups excluding carboxylic acids is 5. The number of carboxylic acids is 1. The number of aromatic carboxylic acids is 1. The van der Waals surface area contributed by atoms with Crippen molar-refractivity contribution in [3.63, 3.8) is 0 Å². The molecule has 2 fully saturated rings. The van der Waals surface area contributed by atoms with Crippen LogP contribution in [0.5, 0.6) is 0 Å². The van der Waals surface area contributed by atoms with Crippen molar-refractivity contribution in [2.45, 2.75) is 75.5 Å². The van der Waals surface area contributed by atoms with E-state index in [-0.39, 0.29) is 41.8 Å². The standard InChI is InChI=1S/C22H20ClNO4.C21H18ClNO4/c1-13-19(25)12-15-11-17(23)7-8-18(15)20(26)24(13)22(9-10-22)16-5-3-14(4-6-16)21(27)28-2;1-12-18(24)11-14-10-16(22)6-7-17(14)19(25)23(12)21(8-9-21)15-4-2-13(3-5-15)20(26)27/h3-8,11,13H,9-10,12H2,1-2H3;2-7,10,12H,8-9,11H2,1H3,(H,26,27). The summed E-state index contributed by atoms with van der Waals surface area (Å²) in [7, 11) is 1.34. The van der Waals surface area contributed by atoms with E-state index in [9.17, 15) is 28.8 Å². The van der Waals surface area contributed by atoms with Gasteiger partial charge in [-0.15, -0.1) is 0 Å². The number of carboxylic acid groups (broad SMARTS) is 1. The fourth-order valence-corrected chi connectivity index (χ4v) is 8.46. The van der Waals surface area contributed by atoms with Gasteiger partial charge in [-0.05, 0) is 122 Å². The predicted octanol–water partition coefficient (Wildman–Crippen LogP) is 7.46. The molecule has 2 aliphatic heterocycles. The molecule has 282 valence electrons. The second-order valence-electron chi connectivity index (χ2n) is 14.6. The number of hydrogen-bond acceptors (Lipinski definition) is 7. The first-order valence-corrected chi connectivity index (χ1v) is 18.8. The molecule has 0 saturated heterocycles. The van der Waals surface area contributed by atoms with Crippen molar-refractivity contribution in [1.82, 2.24) is 9.80 Å². The molecule has 4 aliphatic rings. The highest BCUT2D eigenvalue weighted by atomic mass is 35.5. The van der Waals surface area contributed by atoms with Crippen LogP contribution < -0.4 is 0 Å². The van der Waals surface area contributed by atoms with E-state index in [0.29, 0.717) is 37.9 Å². The molecule has 4 aromatic carbocycles. The predicted molar refractivity (Wildman–Crippen MR) is 205 cm³/mol. The Morgan fingerprint density at radius 2 is 1.02 bits per heavy atom. The Kier molecular flexibility index (Phi) is 9.94. The number of carbonyl (C=O) groups is 6. The van der Waals surface area contributed by atoms with Gasteiger partial charge in [-0.3, -0.25) is 19.2 Å². The molecule has 0 bridgehead atoms. The fourth-order valence-electron chi connectivity index (χ4n) is 8.07. The Bertz CT molecular complexity index is 2260. The molecule has 2 amide bonds. The number of methoxy groups -OCH3 is 1. The van der Waals surface area contributed by atoms with E-state index in [1.165, 1.54) is 7.11 Å². The zero-order valence-electron chi connectivity index (χ0n) is 30.4. The van der Waals surface area contributed by atoms with Gasteiger partial charge < -0.3 is 19.6 Å². The highest BCUT2D eigenvalue weighted by molar-refractivity contribution is 6.31. The molecule has 0 spiro atoms. The molecule has 2 saturated carbocycles. The van der Waals surface area contributed by atoms with Crippen molar-refractivity contribution in [2.75, 3.05) is 7.11 Å². The van der Waals surface area contributed by atoms with Gasteiger partial charge in [0, 0.05) is 34.0 Å². The maximum absolute atomic E-state index is 13.4. The number of halogens is 2. The first kappa shape index (κ1) is 38.0. The van der Waals surface area contributed by atoms with Crippen LogP contribution in [0.25, 0.3) is 0 Å². The van der Waals surface area contributed by atoms with Crippen LogP contribution >= 0.6 is 23.2 Å². The zero-order chi connectivity index (χ0) is 39.4. The third kappa shape index (κ3) is 6.82. The molecule has 1 N–H and O–H groups in total. The summed E-state index contributed by atoms with van der Waals surface area (Å²) in [4.78, 5) is 78.7. The quantitative estimate of drug-likeness (QED) is 0.199. The van der Waals surface area contributed by atoms with E-state index in [2.05, 4.69) is 0 Å². The SMILES string of the molecule is CC1C(=O)Cc2cc(Cl)ccc2C(=O)N1C1(c2ccc(C(=O)O)cc2)CC1.COC(=O)c1ccc(C2(N3C(=O)c4ccc(Cl)cc4CC(=O)C3C)CC2)cc1. The van der Waals surface area contributed by atoms with E-state index in [0.717, 1.165) is 36.8 Å². The first-order valence-electron chi connectivity index (χ1n) is 18.0. The minimum atomic E-state index is -0.994. The monoisotopic (exact) mass is 780 g/mol. The largest absolute Gasteiger partial charge is 0.478 e. The van der Waals surface area contributed by atoms with Gasteiger partial charge in [0.2, 0.25) is 0 Å². The molecular formula is C43H38Cl2N2O8. The first-order chi connectivity index (χ1) is 26.2. The highest BCUT2D eigenvalue weighted by Gasteiger charge is 2.56. The normalized spacial score (nSPS) is 20.6. The van der Waals surface area contributed by atoms with Crippen molar-refractivity contribution in [3.8, 4) is 0 Å². The van der Waals surface area contributed by atoms with Crippen molar-refractivity contribution in [2.24, 2.45) is 0 Å². The Morgan fingerprint density at radius 1 is 0.636 bits per heavy atom. The van der Waals surface area contributed by atoms with Gasteiger partial charge in [0.15, 0.2) is 11.6 Å². The number of nitrogens with zero attached hydrogens (tertiary/aromatic N) is 2. The Morgan fingerprint density at radius 3 is 1.36 bits per heavy atom. The summed E-state index contributed by atoms with van der Waals surface area (Å²) >= 11 is 12.1. The summed E-state index contributed by atoms with van der Waals surface area (Å²) < 4.78 is 4.75. The van der Waals surface area contributed by atoms with Crippen LogP contribution in [0.2, 0.25) is 10.0 Å². The number of ether oxygens (including phenoxy) is 1. The number of hydrogen-bond donors (Lipinski definition) is 1. The molecule has 0 aromatic heterocycles. The zero-order valence-corrected chi connectivity index (χ0v) is 31.9. The van der Waals surface area contributed by atoms with E-state index in [1.807, 2.05) is 12.1 Å². The number of amides is 2. The number of benzene rings is 4. The summed E-state index contributed by atoms with van der Waals surface area (Å²) in [6.07, 6.45) is 3.40. The topological polar surface area (TPSA) is 138 Å². The highest BCUT2D eigenvalue weighted by Crippen LogP contribution is 2.54. The van der Waals surface area contributed by atoms with Gasteiger partial charge in [-0.1, -0.05) is 47.5 Å². The molecule has 12 heteroatoms. The third-order valence-corrected chi connectivity index (χ3v) is 11.8. The lowest BCUT2D eigenvalue weighted by molar-refractivity contribution is -0.123. The van der Waals surface area contributed by atoms with Crippen LogP contribution in [0, 0.1) is 0 Å². The second-order valence-corrected chi connectivity index (χ2v) is 15.5. The summed E-state index contributed by atoms with van der Waals surface area (Å²) in [6.45, 7) is 3.55. The summed E-state index contributed by atoms with van der Waals surface area (Å²) in [6, 6.07) is 22.7. The number of rotatable bonds is 6. The molecule has 0 radical (unpaired) electrons.